The molecule has 0 atom stereocenters. The molecule has 3 N–H and O–H groups in total. The first-order chi connectivity index (χ1) is 8.19. The average Bonchev–Trinajstić information content (AvgIpc) is 2.32. The summed E-state index contributed by atoms with van der Waals surface area (Å²) in [7, 11) is 1.55. The molecule has 0 aliphatic rings. The van der Waals surface area contributed by atoms with Crippen molar-refractivity contribution in [3.05, 3.63) is 40.0 Å². The Kier molecular flexibility index (Phi) is 3.68. The van der Waals surface area contributed by atoms with Gasteiger partial charge in [-0.05, 0) is 52.9 Å². The van der Waals surface area contributed by atoms with Gasteiger partial charge in [0.2, 0.25) is 5.88 Å². The zero-order valence-corrected chi connectivity index (χ0v) is 11.4. The molecule has 0 bridgehead atoms. The second-order valence-corrected chi connectivity index (χ2v) is 4.68. The van der Waals surface area contributed by atoms with Gasteiger partial charge in [0.15, 0.2) is 0 Å². The first-order valence-corrected chi connectivity index (χ1v) is 6.10. The number of ether oxygens (including phenoxy) is 1. The van der Waals surface area contributed by atoms with Gasteiger partial charge in [-0.2, -0.15) is 4.98 Å². The lowest BCUT2D eigenvalue weighted by molar-refractivity contribution is 0.401. The van der Waals surface area contributed by atoms with Crippen LogP contribution < -0.4 is 15.8 Å². The lowest BCUT2D eigenvalue weighted by Gasteiger charge is -2.08. The zero-order chi connectivity index (χ0) is 12.3. The fraction of sp³-hybridized carbons (Fsp3) is 0.0833. The van der Waals surface area contributed by atoms with Crippen molar-refractivity contribution in [3.8, 4) is 5.88 Å². The van der Waals surface area contributed by atoms with Crippen LogP contribution in [-0.2, 0) is 0 Å². The fourth-order valence-electron chi connectivity index (χ4n) is 1.40. The lowest BCUT2D eigenvalue weighted by Crippen LogP contribution is -1.99. The maximum absolute atomic E-state index is 5.70. The third-order valence-corrected chi connectivity index (χ3v) is 2.85. The molecule has 5 heteroatoms. The Morgan fingerprint density at radius 3 is 2.82 bits per heavy atom. The summed E-state index contributed by atoms with van der Waals surface area (Å²) in [5, 5.41) is 3.20. The molecular weight excluding hydrogens is 329 g/mol. The van der Waals surface area contributed by atoms with Crippen molar-refractivity contribution in [2.45, 2.75) is 0 Å². The number of methoxy groups -OCH3 is 1. The Bertz CT molecular complexity index is 531. The van der Waals surface area contributed by atoms with Crippen molar-refractivity contribution in [1.82, 2.24) is 4.98 Å². The molecule has 1 aromatic heterocycles. The largest absolute Gasteiger partial charge is 0.479 e. The highest BCUT2D eigenvalue weighted by Crippen LogP contribution is 2.23. The van der Waals surface area contributed by atoms with Gasteiger partial charge in [0.25, 0.3) is 0 Å². The van der Waals surface area contributed by atoms with Gasteiger partial charge in [-0.15, -0.1) is 0 Å². The summed E-state index contributed by atoms with van der Waals surface area (Å²) < 4.78 is 6.23. The third kappa shape index (κ3) is 3.00. The minimum Gasteiger partial charge on any atom is -0.479 e. The van der Waals surface area contributed by atoms with E-state index in [1.807, 2.05) is 30.3 Å². The molecule has 0 fully saturated rings. The van der Waals surface area contributed by atoms with E-state index in [0.717, 1.165) is 9.26 Å². The summed E-state index contributed by atoms with van der Waals surface area (Å²) in [6, 6.07) is 11.6. The standard InChI is InChI=1S/C12H12IN3O/c1-17-12-10(14)5-6-11(16-12)15-9-4-2-3-8(13)7-9/h2-7H,14H2,1H3,(H,15,16). The summed E-state index contributed by atoms with van der Waals surface area (Å²) in [6.45, 7) is 0. The van der Waals surface area contributed by atoms with E-state index < -0.39 is 0 Å². The first-order valence-electron chi connectivity index (χ1n) is 5.02. The van der Waals surface area contributed by atoms with Crippen molar-refractivity contribution in [2.24, 2.45) is 0 Å². The third-order valence-electron chi connectivity index (χ3n) is 2.18. The van der Waals surface area contributed by atoms with Crippen LogP contribution in [0.25, 0.3) is 0 Å². The van der Waals surface area contributed by atoms with E-state index in [9.17, 15) is 0 Å². The minimum atomic E-state index is 0.431. The fourth-order valence-corrected chi connectivity index (χ4v) is 1.94. The van der Waals surface area contributed by atoms with E-state index in [1.54, 1.807) is 13.2 Å². The Balaban J connectivity index is 2.24. The molecule has 0 aliphatic carbocycles. The van der Waals surface area contributed by atoms with E-state index in [1.165, 1.54) is 0 Å². The van der Waals surface area contributed by atoms with Crippen LogP contribution in [0.3, 0.4) is 0 Å². The Hall–Kier alpha value is -1.50. The number of benzene rings is 1. The van der Waals surface area contributed by atoms with Crippen LogP contribution in [0.5, 0.6) is 5.88 Å². The Morgan fingerprint density at radius 2 is 2.12 bits per heavy atom. The second-order valence-electron chi connectivity index (χ2n) is 3.43. The number of aromatic nitrogens is 1. The number of nitrogens with zero attached hydrogens (tertiary/aromatic N) is 1. The van der Waals surface area contributed by atoms with Crippen LogP contribution in [-0.4, -0.2) is 12.1 Å². The maximum atomic E-state index is 5.70. The van der Waals surface area contributed by atoms with Crippen LogP contribution in [0.4, 0.5) is 17.2 Å². The number of nitrogens with two attached hydrogens (primary N) is 1. The monoisotopic (exact) mass is 341 g/mol. The molecule has 2 aromatic rings. The molecule has 2 rings (SSSR count). The van der Waals surface area contributed by atoms with E-state index >= 15 is 0 Å². The zero-order valence-electron chi connectivity index (χ0n) is 9.27. The number of halogens is 1. The summed E-state index contributed by atoms with van der Waals surface area (Å²) in [4.78, 5) is 4.25. The van der Waals surface area contributed by atoms with E-state index in [-0.39, 0.29) is 0 Å². The molecule has 4 nitrogen and oxygen atoms in total. The van der Waals surface area contributed by atoms with E-state index in [2.05, 4.69) is 32.9 Å². The first kappa shape index (κ1) is 12.0. The highest BCUT2D eigenvalue weighted by molar-refractivity contribution is 14.1. The second kappa shape index (κ2) is 5.22. The molecule has 1 aromatic carbocycles. The van der Waals surface area contributed by atoms with Gasteiger partial charge < -0.3 is 15.8 Å². The topological polar surface area (TPSA) is 60.2 Å². The smallest absolute Gasteiger partial charge is 0.238 e. The van der Waals surface area contributed by atoms with Crippen molar-refractivity contribution < 1.29 is 4.74 Å². The lowest BCUT2D eigenvalue weighted by atomic mass is 10.3. The number of rotatable bonds is 3. The van der Waals surface area contributed by atoms with Gasteiger partial charge in [0.1, 0.15) is 5.82 Å². The van der Waals surface area contributed by atoms with Crippen molar-refractivity contribution in [2.75, 3.05) is 18.2 Å². The summed E-state index contributed by atoms with van der Waals surface area (Å²) >= 11 is 2.26. The highest BCUT2D eigenvalue weighted by Gasteiger charge is 2.03. The van der Waals surface area contributed by atoms with E-state index in [0.29, 0.717) is 17.4 Å². The van der Waals surface area contributed by atoms with Crippen LogP contribution in [0, 0.1) is 3.57 Å². The van der Waals surface area contributed by atoms with Gasteiger partial charge in [0, 0.05) is 9.26 Å². The summed E-state index contributed by atoms with van der Waals surface area (Å²) in [5.41, 5.74) is 7.21. The molecule has 0 amide bonds. The Morgan fingerprint density at radius 1 is 1.29 bits per heavy atom. The molecule has 0 aliphatic heterocycles. The number of hydrogen-bond donors (Lipinski definition) is 2. The highest BCUT2D eigenvalue weighted by atomic mass is 127. The average molecular weight is 341 g/mol. The molecule has 0 saturated heterocycles. The quantitative estimate of drug-likeness (QED) is 0.843. The predicted octanol–water partition coefficient (Wildman–Crippen LogP) is 3.02. The summed E-state index contributed by atoms with van der Waals surface area (Å²) in [6.07, 6.45) is 0. The molecule has 0 spiro atoms. The number of anilines is 3. The maximum Gasteiger partial charge on any atom is 0.238 e. The number of nitrogen functional groups attached to an aromatic ring is 1. The number of pyridine rings is 1. The molecule has 0 radical (unpaired) electrons. The van der Waals surface area contributed by atoms with Crippen molar-refractivity contribution in [1.29, 1.82) is 0 Å². The molecular formula is C12H12IN3O. The van der Waals surface area contributed by atoms with Crippen LogP contribution >= 0.6 is 22.6 Å². The molecule has 17 heavy (non-hydrogen) atoms. The minimum absolute atomic E-state index is 0.431. The van der Waals surface area contributed by atoms with Crippen molar-refractivity contribution in [3.63, 3.8) is 0 Å². The van der Waals surface area contributed by atoms with Crippen LogP contribution in [0.1, 0.15) is 0 Å². The molecule has 88 valence electrons. The molecule has 1 heterocycles. The van der Waals surface area contributed by atoms with Gasteiger partial charge in [-0.25, -0.2) is 0 Å². The van der Waals surface area contributed by atoms with Gasteiger partial charge in [-0.3, -0.25) is 0 Å². The molecule has 0 unspecified atom stereocenters. The summed E-state index contributed by atoms with van der Waals surface area (Å²) in [5.74, 6) is 1.14. The predicted molar refractivity (Wildman–Crippen MR) is 77.6 cm³/mol. The van der Waals surface area contributed by atoms with Crippen LogP contribution in [0.2, 0.25) is 0 Å². The molecule has 0 saturated carbocycles. The SMILES string of the molecule is COc1nc(Nc2cccc(I)c2)ccc1N. The van der Waals surface area contributed by atoms with Gasteiger partial charge >= 0.3 is 0 Å². The van der Waals surface area contributed by atoms with Crippen LogP contribution in [0.15, 0.2) is 36.4 Å². The number of nitrogens with one attached hydrogen (secondary N) is 1. The van der Waals surface area contributed by atoms with E-state index in [4.69, 9.17) is 10.5 Å². The Labute approximate surface area is 113 Å². The van der Waals surface area contributed by atoms with Gasteiger partial charge in [0.05, 0.1) is 12.8 Å². The normalized spacial score (nSPS) is 10.0. The number of hydrogen-bond acceptors (Lipinski definition) is 4. The van der Waals surface area contributed by atoms with Crippen molar-refractivity contribution >= 4 is 39.8 Å². The van der Waals surface area contributed by atoms with Gasteiger partial charge in [-0.1, -0.05) is 6.07 Å².